The van der Waals surface area contributed by atoms with Gasteiger partial charge in [-0.3, -0.25) is 14.3 Å². The molecule has 36 heavy (non-hydrogen) atoms. The molecule has 3 aromatic heterocycles. The van der Waals surface area contributed by atoms with Gasteiger partial charge in [-0.05, 0) is 49.2 Å². The first-order valence-electron chi connectivity index (χ1n) is 11.3. The van der Waals surface area contributed by atoms with E-state index < -0.39 is 6.04 Å². The first kappa shape index (κ1) is 22.7. The molecule has 5 rings (SSSR count). The van der Waals surface area contributed by atoms with Gasteiger partial charge in [0.1, 0.15) is 23.3 Å². The lowest BCUT2D eigenvalue weighted by molar-refractivity contribution is 0.731. The molecule has 176 valence electrons. The first-order valence-corrected chi connectivity index (χ1v) is 11.3. The lowest BCUT2D eigenvalue weighted by Gasteiger charge is -2.21. The van der Waals surface area contributed by atoms with Crippen molar-refractivity contribution in [3.05, 3.63) is 100 Å². The van der Waals surface area contributed by atoms with Crippen LogP contribution in [0.2, 0.25) is 0 Å². The summed E-state index contributed by atoms with van der Waals surface area (Å²) in [5, 5.41) is 13.2. The van der Waals surface area contributed by atoms with Gasteiger partial charge in [-0.25, -0.2) is 9.97 Å². The van der Waals surface area contributed by atoms with E-state index >= 15 is 0 Å². The molecule has 0 aliphatic rings. The Morgan fingerprint density at radius 3 is 2.61 bits per heavy atom. The van der Waals surface area contributed by atoms with Crippen LogP contribution in [0.3, 0.4) is 0 Å². The predicted molar refractivity (Wildman–Crippen MR) is 139 cm³/mol. The van der Waals surface area contributed by atoms with Crippen LogP contribution in [-0.4, -0.2) is 24.5 Å². The average Bonchev–Trinajstić information content (AvgIpc) is 2.89. The summed E-state index contributed by atoms with van der Waals surface area (Å²) in [5.74, 6) is 0.761. The van der Waals surface area contributed by atoms with Crippen molar-refractivity contribution in [1.29, 1.82) is 5.26 Å². The molecule has 0 fully saturated rings. The normalized spacial score (nSPS) is 11.7. The van der Waals surface area contributed by atoms with Crippen molar-refractivity contribution in [3.8, 4) is 22.9 Å². The highest BCUT2D eigenvalue weighted by Gasteiger charge is 2.21. The zero-order chi connectivity index (χ0) is 25.2. The van der Waals surface area contributed by atoms with Crippen molar-refractivity contribution in [2.75, 3.05) is 11.1 Å². The average molecular weight is 475 g/mol. The second-order valence-corrected chi connectivity index (χ2v) is 8.37. The van der Waals surface area contributed by atoms with Crippen molar-refractivity contribution in [2.45, 2.75) is 19.9 Å². The number of nitrogens with one attached hydrogen (secondary N) is 1. The van der Waals surface area contributed by atoms with Crippen molar-refractivity contribution < 1.29 is 0 Å². The summed E-state index contributed by atoms with van der Waals surface area (Å²) in [4.78, 5) is 31.4. The molecule has 2 aromatic carbocycles. The van der Waals surface area contributed by atoms with Crippen LogP contribution < -0.4 is 16.6 Å². The topological polar surface area (TPSA) is 135 Å². The van der Waals surface area contributed by atoms with Crippen LogP contribution in [0.4, 0.5) is 11.8 Å². The minimum absolute atomic E-state index is 0.0343. The van der Waals surface area contributed by atoms with Crippen LogP contribution in [0, 0.1) is 18.3 Å². The lowest BCUT2D eigenvalue weighted by Crippen LogP contribution is -2.28. The molecular weight excluding hydrogens is 452 g/mol. The number of pyridine rings is 1. The highest BCUT2D eigenvalue weighted by molar-refractivity contribution is 5.94. The monoisotopic (exact) mass is 474 g/mol. The van der Waals surface area contributed by atoms with Crippen LogP contribution in [0.25, 0.3) is 27.7 Å². The van der Waals surface area contributed by atoms with Gasteiger partial charge in [-0.2, -0.15) is 10.2 Å². The Hall–Kier alpha value is -5.10. The summed E-state index contributed by atoms with van der Waals surface area (Å²) in [6.07, 6.45) is 4.88. The number of benzene rings is 2. The predicted octanol–water partition coefficient (Wildman–Crippen LogP) is 4.17. The Bertz CT molecular complexity index is 1690. The van der Waals surface area contributed by atoms with Gasteiger partial charge in [-0.1, -0.05) is 30.3 Å². The Kier molecular flexibility index (Phi) is 5.84. The van der Waals surface area contributed by atoms with E-state index in [-0.39, 0.29) is 22.9 Å². The van der Waals surface area contributed by atoms with E-state index in [1.54, 1.807) is 17.0 Å². The summed E-state index contributed by atoms with van der Waals surface area (Å²) in [7, 11) is 0. The number of rotatable bonds is 5. The molecule has 5 aromatic rings. The SMILES string of the molecule is Cc1cncc(-c2cccc3nc([C@@H](C)Nc4nc(N)ncc4C#N)n(-c4ccccc4)c(=O)c23)c1. The van der Waals surface area contributed by atoms with Crippen LogP contribution in [0.15, 0.2) is 78.0 Å². The van der Waals surface area contributed by atoms with E-state index in [1.807, 2.05) is 68.4 Å². The number of aryl methyl sites for hydroxylation is 1. The van der Waals surface area contributed by atoms with Crippen LogP contribution >= 0.6 is 0 Å². The second kappa shape index (κ2) is 9.27. The molecule has 3 N–H and O–H groups in total. The van der Waals surface area contributed by atoms with E-state index in [0.29, 0.717) is 22.4 Å². The number of anilines is 2. The van der Waals surface area contributed by atoms with Gasteiger partial charge in [0.15, 0.2) is 0 Å². The van der Waals surface area contributed by atoms with Gasteiger partial charge in [-0.15, -0.1) is 0 Å². The molecule has 0 aliphatic heterocycles. The molecule has 0 bridgehead atoms. The number of fused-ring (bicyclic) bond motifs is 1. The van der Waals surface area contributed by atoms with Crippen molar-refractivity contribution in [3.63, 3.8) is 0 Å². The third-order valence-electron chi connectivity index (χ3n) is 5.79. The molecule has 3 heterocycles. The van der Waals surface area contributed by atoms with Gasteiger partial charge < -0.3 is 11.1 Å². The number of hydrogen-bond acceptors (Lipinski definition) is 8. The van der Waals surface area contributed by atoms with Crippen LogP contribution in [0.1, 0.15) is 29.9 Å². The highest BCUT2D eigenvalue weighted by atomic mass is 16.1. The number of para-hydroxylation sites is 1. The van der Waals surface area contributed by atoms with Gasteiger partial charge in [0.2, 0.25) is 5.95 Å². The van der Waals surface area contributed by atoms with Gasteiger partial charge >= 0.3 is 0 Å². The third kappa shape index (κ3) is 4.12. The van der Waals surface area contributed by atoms with Crippen LogP contribution in [-0.2, 0) is 0 Å². The quantitative estimate of drug-likeness (QED) is 0.387. The number of nitriles is 1. The molecular formula is C27H22N8O. The number of aromatic nitrogens is 5. The molecule has 0 unspecified atom stereocenters. The smallest absolute Gasteiger partial charge is 0.266 e. The summed E-state index contributed by atoms with van der Waals surface area (Å²) >= 11 is 0. The van der Waals surface area contributed by atoms with Crippen molar-refractivity contribution >= 4 is 22.7 Å². The fourth-order valence-corrected chi connectivity index (χ4v) is 4.16. The molecule has 0 saturated carbocycles. The second-order valence-electron chi connectivity index (χ2n) is 8.37. The molecule has 0 spiro atoms. The van der Waals surface area contributed by atoms with E-state index in [1.165, 1.54) is 6.20 Å². The van der Waals surface area contributed by atoms with E-state index in [9.17, 15) is 10.1 Å². The van der Waals surface area contributed by atoms with Crippen LogP contribution in [0.5, 0.6) is 0 Å². The van der Waals surface area contributed by atoms with E-state index in [2.05, 4.69) is 26.3 Å². The minimum Gasteiger partial charge on any atom is -0.368 e. The Balaban J connectivity index is 1.75. The van der Waals surface area contributed by atoms with Gasteiger partial charge in [0.25, 0.3) is 5.56 Å². The minimum atomic E-state index is -0.506. The number of hydrogen-bond donors (Lipinski definition) is 2. The Labute approximate surface area is 206 Å². The van der Waals surface area contributed by atoms with Gasteiger partial charge in [0, 0.05) is 18.0 Å². The summed E-state index contributed by atoms with van der Waals surface area (Å²) in [5.41, 5.74) is 9.59. The first-order chi connectivity index (χ1) is 17.5. The molecule has 0 saturated heterocycles. The van der Waals surface area contributed by atoms with E-state index in [4.69, 9.17) is 10.7 Å². The molecule has 9 heteroatoms. The zero-order valence-corrected chi connectivity index (χ0v) is 19.7. The fourth-order valence-electron chi connectivity index (χ4n) is 4.16. The molecule has 0 radical (unpaired) electrons. The molecule has 9 nitrogen and oxygen atoms in total. The Morgan fingerprint density at radius 1 is 1.06 bits per heavy atom. The van der Waals surface area contributed by atoms with Crippen molar-refractivity contribution in [1.82, 2.24) is 24.5 Å². The maximum Gasteiger partial charge on any atom is 0.266 e. The summed E-state index contributed by atoms with van der Waals surface area (Å²) in [6, 6.07) is 18.5. The summed E-state index contributed by atoms with van der Waals surface area (Å²) < 4.78 is 1.59. The largest absolute Gasteiger partial charge is 0.368 e. The number of nitrogens with zero attached hydrogens (tertiary/aromatic N) is 6. The van der Waals surface area contributed by atoms with Gasteiger partial charge in [0.05, 0.1) is 28.8 Å². The number of nitrogen functional groups attached to an aromatic ring is 1. The molecule has 0 aliphatic carbocycles. The lowest BCUT2D eigenvalue weighted by atomic mass is 10.0. The van der Waals surface area contributed by atoms with E-state index in [0.717, 1.165) is 16.7 Å². The molecule has 0 amide bonds. The fraction of sp³-hybridized carbons (Fsp3) is 0.111. The Morgan fingerprint density at radius 2 is 1.86 bits per heavy atom. The van der Waals surface area contributed by atoms with Crippen molar-refractivity contribution in [2.24, 2.45) is 0 Å². The standard InChI is InChI=1S/C27H22N8O/c1-16-11-18(14-30-13-16)21-9-6-10-22-23(21)26(36)35(20-7-4-3-5-8-20)25(33-22)17(2)32-24-19(12-28)15-31-27(29)34-24/h3-11,13-15,17H,1-2H3,(H3,29,31,32,34)/t17-/m1/s1. The zero-order valence-electron chi connectivity index (χ0n) is 19.7. The third-order valence-corrected chi connectivity index (χ3v) is 5.79. The molecule has 1 atom stereocenters. The highest BCUT2D eigenvalue weighted by Crippen LogP contribution is 2.28. The maximum atomic E-state index is 14.1. The summed E-state index contributed by atoms with van der Waals surface area (Å²) in [6.45, 7) is 3.81. The maximum absolute atomic E-state index is 14.1. The number of nitrogens with two attached hydrogens (primary N) is 1.